The fraction of sp³-hybridized carbons (Fsp3) is 0.750. The van der Waals surface area contributed by atoms with Gasteiger partial charge in [0.2, 0.25) is 5.82 Å². The Labute approximate surface area is 337 Å². The normalized spacial score (nSPS) is 35.1. The minimum atomic E-state index is -1.17. The predicted molar refractivity (Wildman–Crippen MR) is 214 cm³/mol. The van der Waals surface area contributed by atoms with E-state index in [2.05, 4.69) is 63.5 Å². The second kappa shape index (κ2) is 14.0. The number of aromatic nitrogens is 5. The van der Waals surface area contributed by atoms with Crippen LogP contribution in [0.25, 0.3) is 11.6 Å². The molecule has 5 aliphatic rings. The third kappa shape index (κ3) is 6.18. The van der Waals surface area contributed by atoms with Crippen molar-refractivity contribution in [3.8, 4) is 11.6 Å². The van der Waals surface area contributed by atoms with E-state index < -0.39 is 17.4 Å². The molecule has 5 aliphatic carbocycles. The van der Waals surface area contributed by atoms with Crippen LogP contribution in [0.4, 0.5) is 0 Å². The first kappa shape index (κ1) is 41.0. The van der Waals surface area contributed by atoms with Crippen molar-refractivity contribution >= 4 is 29.3 Å². The van der Waals surface area contributed by atoms with Gasteiger partial charge in [-0.05, 0) is 111 Å². The molecule has 11 nitrogen and oxygen atoms in total. The molecule has 0 saturated heterocycles. The number of Topliss-reactive ketones (excluding diaryl/α,β-unsaturated/α-hetero) is 1. The van der Waals surface area contributed by atoms with E-state index in [0.717, 1.165) is 62.8 Å². The molecule has 0 radical (unpaired) electrons. The van der Waals surface area contributed by atoms with Crippen molar-refractivity contribution < 1.29 is 24.2 Å². The van der Waals surface area contributed by atoms with Crippen LogP contribution in [0.5, 0.6) is 0 Å². The first-order valence-electron chi connectivity index (χ1n) is 21.0. The molecule has 12 heteroatoms. The molecule has 3 N–H and O–H groups in total. The fourth-order valence-electron chi connectivity index (χ4n) is 13.5. The van der Waals surface area contributed by atoms with Gasteiger partial charge in [-0.25, -0.2) is 9.97 Å². The van der Waals surface area contributed by atoms with Crippen LogP contribution < -0.4 is 5.73 Å². The Balaban J connectivity index is 1.20. The molecular weight excluding hydrogens is 728 g/mol. The van der Waals surface area contributed by atoms with Crippen LogP contribution in [0.2, 0.25) is 5.02 Å². The fourth-order valence-corrected chi connectivity index (χ4v) is 13.6. The van der Waals surface area contributed by atoms with E-state index >= 15 is 0 Å². The van der Waals surface area contributed by atoms with E-state index in [4.69, 9.17) is 27.2 Å². The minimum Gasteiger partial charge on any atom is -0.481 e. The first-order chi connectivity index (χ1) is 26.1. The molecule has 0 bridgehead atoms. The lowest BCUT2D eigenvalue weighted by Gasteiger charge is -2.72. The summed E-state index contributed by atoms with van der Waals surface area (Å²) in [6, 6.07) is 0. The number of rotatable bonds is 10. The van der Waals surface area contributed by atoms with Crippen LogP contribution in [-0.2, 0) is 32.1 Å². The molecule has 0 aromatic carbocycles. The lowest BCUT2D eigenvalue weighted by Crippen LogP contribution is -2.65. The summed E-state index contributed by atoms with van der Waals surface area (Å²) >= 11 is 6.11. The van der Waals surface area contributed by atoms with E-state index in [0.29, 0.717) is 54.4 Å². The zero-order chi connectivity index (χ0) is 40.8. The maximum absolute atomic E-state index is 14.3. The van der Waals surface area contributed by atoms with Crippen LogP contribution in [0.1, 0.15) is 132 Å². The topological polar surface area (TPSA) is 163 Å². The van der Waals surface area contributed by atoms with Crippen LogP contribution in [-0.4, -0.2) is 60.2 Å². The van der Waals surface area contributed by atoms with Gasteiger partial charge in [-0.2, -0.15) is 0 Å². The molecule has 8 atom stereocenters. The summed E-state index contributed by atoms with van der Waals surface area (Å²) in [4.78, 5) is 48.1. The van der Waals surface area contributed by atoms with Gasteiger partial charge < -0.3 is 20.1 Å². The molecule has 0 amide bonds. The Morgan fingerprint density at radius 2 is 1.68 bits per heavy atom. The van der Waals surface area contributed by atoms with Gasteiger partial charge in [0.15, 0.2) is 11.6 Å². The van der Waals surface area contributed by atoms with Gasteiger partial charge in [-0.15, -0.1) is 10.2 Å². The number of nitrogens with two attached hydrogens (primary N) is 1. The van der Waals surface area contributed by atoms with Crippen molar-refractivity contribution in [2.24, 2.45) is 61.9 Å². The zero-order valence-electron chi connectivity index (χ0n) is 35.0. The van der Waals surface area contributed by atoms with Crippen molar-refractivity contribution in [3.05, 3.63) is 34.4 Å². The Bertz CT molecular complexity index is 1940. The lowest BCUT2D eigenvalue weighted by atomic mass is 9.33. The van der Waals surface area contributed by atoms with E-state index in [-0.39, 0.29) is 57.2 Å². The Morgan fingerprint density at radius 1 is 0.982 bits per heavy atom. The quantitative estimate of drug-likeness (QED) is 0.224. The van der Waals surface area contributed by atoms with Crippen molar-refractivity contribution in [1.82, 2.24) is 24.7 Å². The molecule has 0 aliphatic heterocycles. The number of halogens is 1. The molecule has 4 saturated carbocycles. The van der Waals surface area contributed by atoms with Crippen molar-refractivity contribution in [2.75, 3.05) is 6.54 Å². The van der Waals surface area contributed by atoms with Gasteiger partial charge in [0.25, 0.3) is 0 Å². The monoisotopic (exact) mass is 790 g/mol. The van der Waals surface area contributed by atoms with Crippen molar-refractivity contribution in [1.29, 1.82) is 0 Å². The molecule has 0 unspecified atom stereocenters. The minimum absolute atomic E-state index is 0.00337. The average molecular weight is 791 g/mol. The second-order valence-corrected chi connectivity index (χ2v) is 20.9. The number of carboxylic acids is 1. The summed E-state index contributed by atoms with van der Waals surface area (Å²) in [5.74, 6) is 1.96. The smallest absolute Gasteiger partial charge is 0.309 e. The largest absolute Gasteiger partial charge is 0.481 e. The molecule has 56 heavy (non-hydrogen) atoms. The van der Waals surface area contributed by atoms with Gasteiger partial charge in [0, 0.05) is 49.2 Å². The Hall–Kier alpha value is -3.18. The van der Waals surface area contributed by atoms with Crippen LogP contribution >= 0.6 is 11.6 Å². The Morgan fingerprint density at radius 3 is 2.32 bits per heavy atom. The van der Waals surface area contributed by atoms with E-state index in [1.54, 1.807) is 26.2 Å². The molecule has 2 heterocycles. The molecule has 306 valence electrons. The molecular formula is C44H63ClN6O5. The number of nitrogens with zero attached hydrogens (tertiary/aromatic N) is 5. The average Bonchev–Trinajstić information content (AvgIpc) is 3.63. The number of ether oxygens (including phenoxy) is 1. The highest BCUT2D eigenvalue weighted by Gasteiger charge is 2.70. The van der Waals surface area contributed by atoms with Gasteiger partial charge in [-0.1, -0.05) is 65.6 Å². The standard InChI is InChI=1S/C44H63ClN6O5/c1-25(2)34-28(52)20-44(21-32-49-50-37(51(32)19-18-46)36-47-23-26(45)24-48-36)17-16-42(8)27(35(34)44)10-11-30-41(7)14-13-31(56-33(53)22-39(3,4)38(54)55)40(5,6)29(41)12-15-43(30,42)9/h23-25,27,29-31H,10-22,46H2,1-9H3,(H,54,55)/t27-,29+,30-,31+,41+,42-,43-,44+/m1/s1. The van der Waals surface area contributed by atoms with E-state index in [1.807, 2.05) is 4.57 Å². The van der Waals surface area contributed by atoms with Crippen molar-refractivity contribution in [2.45, 2.75) is 146 Å². The number of allylic oxidation sites excluding steroid dienone is 2. The number of hydrogen-bond donors (Lipinski definition) is 2. The highest BCUT2D eigenvalue weighted by molar-refractivity contribution is 6.30. The third-order valence-electron chi connectivity index (χ3n) is 16.4. The maximum atomic E-state index is 14.3. The van der Waals surface area contributed by atoms with Gasteiger partial charge in [-0.3, -0.25) is 14.4 Å². The summed E-state index contributed by atoms with van der Waals surface area (Å²) in [5.41, 5.74) is 6.94. The highest BCUT2D eigenvalue weighted by Crippen LogP contribution is 2.77. The molecule has 4 fully saturated rings. The summed E-state index contributed by atoms with van der Waals surface area (Å²) in [6.07, 6.45) is 11.8. The van der Waals surface area contributed by atoms with E-state index in [1.165, 1.54) is 5.57 Å². The highest BCUT2D eigenvalue weighted by atomic mass is 35.5. The van der Waals surface area contributed by atoms with Gasteiger partial charge >= 0.3 is 11.9 Å². The van der Waals surface area contributed by atoms with Crippen LogP contribution in [0.15, 0.2) is 23.5 Å². The number of fused-ring (bicyclic) bond motifs is 7. The summed E-state index contributed by atoms with van der Waals surface area (Å²) in [5, 5.41) is 19.4. The van der Waals surface area contributed by atoms with Crippen LogP contribution in [0, 0.1) is 56.2 Å². The summed E-state index contributed by atoms with van der Waals surface area (Å²) in [7, 11) is 0. The number of hydrogen-bond acceptors (Lipinski definition) is 9. The summed E-state index contributed by atoms with van der Waals surface area (Å²) in [6.45, 7) is 20.7. The van der Waals surface area contributed by atoms with Crippen molar-refractivity contribution in [3.63, 3.8) is 0 Å². The zero-order valence-corrected chi connectivity index (χ0v) is 35.8. The number of carboxylic acid groups (broad SMARTS) is 1. The molecule has 0 spiro atoms. The number of carbonyl (C=O) groups is 3. The number of carbonyl (C=O) groups excluding carboxylic acids is 2. The first-order valence-corrected chi connectivity index (χ1v) is 21.3. The Kier molecular flexibility index (Phi) is 10.2. The second-order valence-electron chi connectivity index (χ2n) is 20.5. The van der Waals surface area contributed by atoms with E-state index in [9.17, 15) is 19.5 Å². The SMILES string of the molecule is CC(C)C1=C2[C@H]3CC[C@@H]4[C@@]5(C)CC[C@H](OC(=O)CC(C)(C)C(=O)O)C(C)(C)[C@@H]5CC[C@@]4(C)[C@]3(C)CC[C@@]2(Cc2nnc(-c3ncc(Cl)cn3)n2CCN)CC1=O. The summed E-state index contributed by atoms with van der Waals surface area (Å²) < 4.78 is 8.23. The number of ketones is 1. The third-order valence-corrected chi connectivity index (χ3v) is 16.6. The molecule has 2 aromatic rings. The van der Waals surface area contributed by atoms with Gasteiger partial charge in [0.05, 0.1) is 16.9 Å². The van der Waals surface area contributed by atoms with Crippen LogP contribution in [0.3, 0.4) is 0 Å². The molecule has 2 aromatic heterocycles. The molecule has 7 rings (SSSR count). The number of esters is 1. The van der Waals surface area contributed by atoms with Gasteiger partial charge in [0.1, 0.15) is 11.9 Å². The maximum Gasteiger partial charge on any atom is 0.309 e. The lowest BCUT2D eigenvalue weighted by molar-refractivity contribution is -0.233. The number of aliphatic carboxylic acids is 1. The predicted octanol–water partition coefficient (Wildman–Crippen LogP) is 8.28.